The number of anilines is 1. The summed E-state index contributed by atoms with van der Waals surface area (Å²) in [6.45, 7) is 5.53. The van der Waals surface area contributed by atoms with E-state index in [1.807, 2.05) is 39.0 Å². The van der Waals surface area contributed by atoms with Crippen LogP contribution in [0, 0.1) is 0 Å². The lowest BCUT2D eigenvalue weighted by molar-refractivity contribution is 0.0636. The average molecular weight is 191 g/mol. The number of nitrogens with one attached hydrogen (secondary N) is 1. The van der Waals surface area contributed by atoms with Gasteiger partial charge in [-0.15, -0.1) is 0 Å². The Morgan fingerprint density at radius 3 is 2.36 bits per heavy atom. The summed E-state index contributed by atoms with van der Waals surface area (Å²) in [5.41, 5.74) is 2.71. The maximum Gasteiger partial charge on any atom is 0.412 e. The molecule has 2 aliphatic carbocycles. The SMILES string of the molecule is CC(C)(C)OC(=O)Nc1c2cccc1-2. The molecule has 14 heavy (non-hydrogen) atoms. The second-order valence-electron chi connectivity index (χ2n) is 4.36. The van der Waals surface area contributed by atoms with E-state index in [0.29, 0.717) is 0 Å². The summed E-state index contributed by atoms with van der Waals surface area (Å²) in [5.74, 6) is 0. The van der Waals surface area contributed by atoms with Crippen LogP contribution in [0.1, 0.15) is 20.8 Å². The lowest BCUT2D eigenvalue weighted by atomic mass is 10.2. The number of carbonyl (C=O) groups excluding carboxylic acids is 1. The molecule has 2 aliphatic rings. The maximum atomic E-state index is 11.3. The Bertz CT molecular complexity index is 371. The number of carbonyl (C=O) groups is 1. The zero-order chi connectivity index (χ0) is 10.3. The van der Waals surface area contributed by atoms with Crippen molar-refractivity contribution in [3.05, 3.63) is 18.2 Å². The second-order valence-corrected chi connectivity index (χ2v) is 4.36. The molecule has 74 valence electrons. The molecule has 3 nitrogen and oxygen atoms in total. The normalized spacial score (nSPS) is 12.2. The third-order valence-electron chi connectivity index (χ3n) is 1.92. The summed E-state index contributed by atoms with van der Waals surface area (Å²) in [5, 5.41) is 2.71. The van der Waals surface area contributed by atoms with Crippen LogP contribution in [0.2, 0.25) is 0 Å². The van der Waals surface area contributed by atoms with E-state index in [0.717, 1.165) is 16.8 Å². The summed E-state index contributed by atoms with van der Waals surface area (Å²) < 4.78 is 5.12. The summed E-state index contributed by atoms with van der Waals surface area (Å²) >= 11 is 0. The molecule has 0 aliphatic heterocycles. The Labute approximate surface area is 83.1 Å². The molecule has 0 fully saturated rings. The number of rotatable bonds is 1. The first kappa shape index (κ1) is 9.06. The Hall–Kier alpha value is -1.51. The third-order valence-corrected chi connectivity index (χ3v) is 1.92. The van der Waals surface area contributed by atoms with E-state index in [4.69, 9.17) is 4.74 Å². The van der Waals surface area contributed by atoms with Gasteiger partial charge in [0.15, 0.2) is 0 Å². The Morgan fingerprint density at radius 2 is 1.86 bits per heavy atom. The number of benzene rings is 1. The van der Waals surface area contributed by atoms with Crippen LogP contribution < -0.4 is 5.32 Å². The van der Waals surface area contributed by atoms with Crippen molar-refractivity contribution in [1.29, 1.82) is 0 Å². The van der Waals surface area contributed by atoms with E-state index in [1.54, 1.807) is 0 Å². The molecule has 0 aromatic carbocycles. The molecule has 0 saturated carbocycles. The molecule has 0 radical (unpaired) electrons. The topological polar surface area (TPSA) is 38.3 Å². The van der Waals surface area contributed by atoms with Crippen molar-refractivity contribution >= 4 is 11.8 Å². The van der Waals surface area contributed by atoms with Gasteiger partial charge in [-0.25, -0.2) is 4.79 Å². The van der Waals surface area contributed by atoms with Gasteiger partial charge in [-0.1, -0.05) is 18.2 Å². The van der Waals surface area contributed by atoms with Gasteiger partial charge >= 0.3 is 6.09 Å². The molecular formula is C11H13NO2. The number of hydrogen-bond acceptors (Lipinski definition) is 2. The number of ether oxygens (including phenoxy) is 1. The third kappa shape index (κ3) is 1.71. The van der Waals surface area contributed by atoms with Gasteiger partial charge in [0.25, 0.3) is 0 Å². The largest absolute Gasteiger partial charge is 0.444 e. The monoisotopic (exact) mass is 191 g/mol. The van der Waals surface area contributed by atoms with Gasteiger partial charge in [-0.3, -0.25) is 5.32 Å². The fraction of sp³-hybridized carbons (Fsp3) is 0.364. The maximum absolute atomic E-state index is 11.3. The fourth-order valence-corrected chi connectivity index (χ4v) is 1.34. The lowest BCUT2D eigenvalue weighted by Gasteiger charge is -2.18. The number of para-hydroxylation sites is 1. The van der Waals surface area contributed by atoms with E-state index in [-0.39, 0.29) is 6.09 Å². The number of hydrogen-bond donors (Lipinski definition) is 1. The van der Waals surface area contributed by atoms with Crippen molar-refractivity contribution in [1.82, 2.24) is 0 Å². The molecule has 0 unspecified atom stereocenters. The highest BCUT2D eigenvalue weighted by atomic mass is 16.6. The first-order chi connectivity index (χ1) is 6.47. The molecule has 0 aromatic heterocycles. The van der Waals surface area contributed by atoms with Gasteiger partial charge in [-0.2, -0.15) is 0 Å². The summed E-state index contributed by atoms with van der Waals surface area (Å²) in [7, 11) is 0. The summed E-state index contributed by atoms with van der Waals surface area (Å²) in [6, 6.07) is 5.91. The summed E-state index contributed by atoms with van der Waals surface area (Å²) in [4.78, 5) is 11.3. The van der Waals surface area contributed by atoms with Crippen molar-refractivity contribution in [2.45, 2.75) is 26.4 Å². The fourth-order valence-electron chi connectivity index (χ4n) is 1.34. The average Bonchev–Trinajstić information content (AvgIpc) is 2.50. The highest BCUT2D eigenvalue weighted by Gasteiger charge is 2.26. The molecule has 3 heteroatoms. The second kappa shape index (κ2) is 2.74. The zero-order valence-electron chi connectivity index (χ0n) is 8.55. The van der Waals surface area contributed by atoms with Crippen LogP contribution in [-0.4, -0.2) is 11.7 Å². The first-order valence-electron chi connectivity index (χ1n) is 4.61. The molecule has 0 atom stereocenters. The Balaban J connectivity index is 1.93. The quantitative estimate of drug-likeness (QED) is 0.752. The minimum atomic E-state index is -0.441. The van der Waals surface area contributed by atoms with Crippen LogP contribution >= 0.6 is 0 Å². The molecule has 0 bridgehead atoms. The van der Waals surface area contributed by atoms with Gasteiger partial charge in [0.1, 0.15) is 5.60 Å². The van der Waals surface area contributed by atoms with Crippen LogP contribution in [-0.2, 0) is 4.74 Å². The van der Waals surface area contributed by atoms with Gasteiger partial charge in [0.05, 0.1) is 5.69 Å². The van der Waals surface area contributed by atoms with Gasteiger partial charge < -0.3 is 4.74 Å². The molecule has 0 heterocycles. The highest BCUT2D eigenvalue weighted by Crippen LogP contribution is 2.48. The van der Waals surface area contributed by atoms with Gasteiger partial charge in [0, 0.05) is 11.1 Å². The van der Waals surface area contributed by atoms with Crippen LogP contribution in [0.15, 0.2) is 18.2 Å². The first-order valence-corrected chi connectivity index (χ1v) is 4.61. The number of amides is 1. The minimum Gasteiger partial charge on any atom is -0.444 e. The van der Waals surface area contributed by atoms with Gasteiger partial charge in [0.2, 0.25) is 0 Å². The predicted molar refractivity (Wildman–Crippen MR) is 55.3 cm³/mol. The van der Waals surface area contributed by atoms with Crippen LogP contribution in [0.25, 0.3) is 11.1 Å². The summed E-state index contributed by atoms with van der Waals surface area (Å²) in [6.07, 6.45) is -0.385. The molecule has 1 amide bonds. The van der Waals surface area contributed by atoms with E-state index >= 15 is 0 Å². The van der Waals surface area contributed by atoms with Crippen LogP contribution in [0.5, 0.6) is 0 Å². The molecule has 0 aromatic rings. The standard InChI is InChI=1S/C11H13NO2/c1-11(2,3)14-10(13)12-9-7-5-4-6-8(7)9/h4-6H,1-3H3,(H,12,13). The van der Waals surface area contributed by atoms with Crippen molar-refractivity contribution in [2.24, 2.45) is 0 Å². The van der Waals surface area contributed by atoms with E-state index in [9.17, 15) is 4.79 Å². The molecule has 0 saturated heterocycles. The highest BCUT2D eigenvalue weighted by molar-refractivity contribution is 6.10. The van der Waals surface area contributed by atoms with Crippen molar-refractivity contribution in [3.63, 3.8) is 0 Å². The molecule has 0 spiro atoms. The lowest BCUT2D eigenvalue weighted by Crippen LogP contribution is -2.26. The van der Waals surface area contributed by atoms with Crippen LogP contribution in [0.4, 0.5) is 10.5 Å². The molecular weight excluding hydrogens is 178 g/mol. The van der Waals surface area contributed by atoms with E-state index in [1.165, 1.54) is 0 Å². The van der Waals surface area contributed by atoms with Crippen molar-refractivity contribution < 1.29 is 9.53 Å². The molecule has 1 N–H and O–H groups in total. The predicted octanol–water partition coefficient (Wildman–Crippen LogP) is 3.01. The Kier molecular flexibility index (Phi) is 1.77. The smallest absolute Gasteiger partial charge is 0.412 e. The molecule has 2 rings (SSSR count). The minimum absolute atomic E-state index is 0.385. The Morgan fingerprint density at radius 1 is 1.29 bits per heavy atom. The van der Waals surface area contributed by atoms with E-state index < -0.39 is 5.60 Å². The van der Waals surface area contributed by atoms with Gasteiger partial charge in [-0.05, 0) is 20.8 Å². The van der Waals surface area contributed by atoms with Crippen molar-refractivity contribution in [2.75, 3.05) is 5.32 Å². The number of fused-ring (bicyclic) bond motifs is 1. The zero-order valence-corrected chi connectivity index (χ0v) is 8.55. The van der Waals surface area contributed by atoms with E-state index in [2.05, 4.69) is 5.32 Å². The van der Waals surface area contributed by atoms with Crippen LogP contribution in [0.3, 0.4) is 0 Å². The van der Waals surface area contributed by atoms with Crippen molar-refractivity contribution in [3.8, 4) is 11.1 Å².